The van der Waals surface area contributed by atoms with E-state index in [1.807, 2.05) is 0 Å². The highest BCUT2D eigenvalue weighted by Gasteiger charge is 2.82. The number of hydrogen-bond donors (Lipinski definition) is 0. The second-order valence-electron chi connectivity index (χ2n) is 15.6. The molecule has 0 aromatic rings. The fourth-order valence-corrected chi connectivity index (χ4v) is 12.1. The van der Waals surface area contributed by atoms with Crippen molar-refractivity contribution in [1.82, 2.24) is 0 Å². The standard InChI is InChI=1S/C36H53NO7/c1-20-18-42-36(40-9,23(20)4)31(44-25(6)39)22(3)30-28(43-24(5)38)17-33(8)29-12-11-26-21(2)27(37-41-10)13-14-34(26)19-35(29,34)16-15-32(30,33)7/h13-14,20-22,26,28-31H,4,11-12,15-19H2,1-3,5-10H3/t20?,21-,22-,26-,28-,29-,30-,31+,32+,33-,34+,35-,36?/m0/s1. The topological polar surface area (TPSA) is 92.7 Å². The van der Waals surface area contributed by atoms with Crippen LogP contribution < -0.4 is 0 Å². The number of carbonyl (C=O) groups is 2. The van der Waals surface area contributed by atoms with Crippen LogP contribution in [0.25, 0.3) is 0 Å². The van der Waals surface area contributed by atoms with Crippen LogP contribution >= 0.6 is 0 Å². The number of nitrogens with zero attached hydrogens (tertiary/aromatic N) is 1. The first-order chi connectivity index (χ1) is 20.7. The Bertz CT molecular complexity index is 1290. The first-order valence-electron chi connectivity index (χ1n) is 16.7. The van der Waals surface area contributed by atoms with Crippen molar-refractivity contribution in [2.45, 2.75) is 105 Å². The summed E-state index contributed by atoms with van der Waals surface area (Å²) in [4.78, 5) is 30.5. The number of esters is 2. The number of ether oxygens (including phenoxy) is 4. The lowest BCUT2D eigenvalue weighted by molar-refractivity contribution is -0.256. The van der Waals surface area contributed by atoms with Gasteiger partial charge in [0.2, 0.25) is 5.79 Å². The van der Waals surface area contributed by atoms with Gasteiger partial charge in [0.1, 0.15) is 13.2 Å². The monoisotopic (exact) mass is 611 g/mol. The first-order valence-corrected chi connectivity index (χ1v) is 16.7. The second kappa shape index (κ2) is 10.4. The minimum atomic E-state index is -1.25. The molecule has 0 amide bonds. The minimum absolute atomic E-state index is 0.0603. The normalized spacial score (nSPS) is 49.3. The Morgan fingerprint density at radius 3 is 2.41 bits per heavy atom. The summed E-state index contributed by atoms with van der Waals surface area (Å²) in [5.74, 6) is -0.710. The zero-order valence-corrected chi connectivity index (χ0v) is 28.2. The molecule has 6 rings (SSSR count). The van der Waals surface area contributed by atoms with Crippen molar-refractivity contribution in [1.29, 1.82) is 0 Å². The summed E-state index contributed by atoms with van der Waals surface area (Å²) in [6.07, 6.45) is 10.1. The zero-order chi connectivity index (χ0) is 32.0. The van der Waals surface area contributed by atoms with Crippen LogP contribution in [-0.2, 0) is 33.4 Å². The molecular weight excluding hydrogens is 558 g/mol. The van der Waals surface area contributed by atoms with Gasteiger partial charge >= 0.3 is 11.9 Å². The molecule has 5 aliphatic carbocycles. The molecule has 8 nitrogen and oxygen atoms in total. The molecule has 1 aliphatic heterocycles. The van der Waals surface area contributed by atoms with E-state index in [9.17, 15) is 9.59 Å². The van der Waals surface area contributed by atoms with E-state index in [0.29, 0.717) is 24.4 Å². The Balaban J connectivity index is 1.40. The van der Waals surface area contributed by atoms with Crippen molar-refractivity contribution in [2.75, 3.05) is 20.8 Å². The molecule has 2 unspecified atom stereocenters. The molecule has 6 aliphatic rings. The predicted octanol–water partition coefficient (Wildman–Crippen LogP) is 6.49. The third-order valence-corrected chi connectivity index (χ3v) is 14.2. The van der Waals surface area contributed by atoms with E-state index in [1.165, 1.54) is 20.3 Å². The third kappa shape index (κ3) is 3.98. The number of fused-ring (bicyclic) bond motifs is 2. The smallest absolute Gasteiger partial charge is 0.303 e. The second-order valence-corrected chi connectivity index (χ2v) is 15.6. The molecule has 44 heavy (non-hydrogen) atoms. The molecule has 2 spiro atoms. The summed E-state index contributed by atoms with van der Waals surface area (Å²) in [6, 6.07) is 0. The van der Waals surface area contributed by atoms with Gasteiger partial charge in [-0.3, -0.25) is 9.59 Å². The average molecular weight is 612 g/mol. The summed E-state index contributed by atoms with van der Waals surface area (Å²) in [6.45, 7) is 19.2. The Morgan fingerprint density at radius 2 is 1.82 bits per heavy atom. The summed E-state index contributed by atoms with van der Waals surface area (Å²) in [5.41, 5.74) is 2.04. The number of hydrogen-bond acceptors (Lipinski definition) is 8. The molecule has 8 heteroatoms. The van der Waals surface area contributed by atoms with Crippen LogP contribution in [0.3, 0.4) is 0 Å². The van der Waals surface area contributed by atoms with Crippen molar-refractivity contribution >= 4 is 17.7 Å². The van der Waals surface area contributed by atoms with Crippen LogP contribution in [0, 0.1) is 57.2 Å². The van der Waals surface area contributed by atoms with Gasteiger partial charge in [0.25, 0.3) is 0 Å². The molecule has 5 fully saturated rings. The number of methoxy groups -OCH3 is 1. The Morgan fingerprint density at radius 1 is 1.09 bits per heavy atom. The highest BCUT2D eigenvalue weighted by molar-refractivity contribution is 5.97. The van der Waals surface area contributed by atoms with Gasteiger partial charge in [-0.25, -0.2) is 0 Å². The summed E-state index contributed by atoms with van der Waals surface area (Å²) < 4.78 is 24.9. The molecule has 0 bridgehead atoms. The van der Waals surface area contributed by atoms with Crippen LogP contribution in [0.1, 0.15) is 87.0 Å². The molecule has 4 saturated carbocycles. The van der Waals surface area contributed by atoms with Crippen molar-refractivity contribution in [3.05, 3.63) is 24.3 Å². The highest BCUT2D eigenvalue weighted by atomic mass is 16.7. The SMILES string of the molecule is C=C1C(C)COC1(OC)[C@H](OC(C)=O)[C@@H](C)[C@H]1[C@@H](OC(C)=O)C[C@@]2(C)[C@@H]3CC[C@H]4[C@H](C)C(=NOC)C=C[C@@]45C[C@@]35CC[C@]12C. The number of rotatable bonds is 7. The maximum atomic E-state index is 12.7. The van der Waals surface area contributed by atoms with Crippen molar-refractivity contribution in [3.8, 4) is 0 Å². The lowest BCUT2D eigenvalue weighted by atomic mass is 9.43. The van der Waals surface area contributed by atoms with E-state index < -0.39 is 11.9 Å². The van der Waals surface area contributed by atoms with Gasteiger partial charge in [-0.15, -0.1) is 0 Å². The maximum Gasteiger partial charge on any atom is 0.303 e. The van der Waals surface area contributed by atoms with E-state index in [2.05, 4.69) is 58.5 Å². The Labute approximate surface area is 263 Å². The fraction of sp³-hybridized carbons (Fsp3) is 0.806. The minimum Gasteiger partial charge on any atom is -0.462 e. The quantitative estimate of drug-likeness (QED) is 0.185. The number of allylic oxidation sites excluding steroid dienone is 2. The third-order valence-electron chi connectivity index (χ3n) is 14.2. The summed E-state index contributed by atoms with van der Waals surface area (Å²) in [5, 5.41) is 4.36. The van der Waals surface area contributed by atoms with E-state index in [0.717, 1.165) is 43.4 Å². The van der Waals surface area contributed by atoms with E-state index in [1.54, 1.807) is 14.2 Å². The van der Waals surface area contributed by atoms with Crippen molar-refractivity contribution in [2.24, 2.45) is 62.3 Å². The van der Waals surface area contributed by atoms with Crippen molar-refractivity contribution in [3.63, 3.8) is 0 Å². The van der Waals surface area contributed by atoms with E-state index in [4.69, 9.17) is 23.8 Å². The Hall–Kier alpha value is -2.19. The molecule has 13 atom stereocenters. The van der Waals surface area contributed by atoms with Crippen molar-refractivity contribution < 1.29 is 33.4 Å². The van der Waals surface area contributed by atoms with Gasteiger partial charge in [0.05, 0.1) is 12.3 Å². The molecule has 0 aromatic heterocycles. The molecule has 1 saturated heterocycles. The van der Waals surface area contributed by atoms with Gasteiger partial charge in [-0.1, -0.05) is 52.4 Å². The van der Waals surface area contributed by atoms with Crippen LogP contribution in [0.5, 0.6) is 0 Å². The van der Waals surface area contributed by atoms with E-state index in [-0.39, 0.29) is 57.5 Å². The van der Waals surface area contributed by atoms with E-state index >= 15 is 0 Å². The van der Waals surface area contributed by atoms with Gasteiger partial charge in [0, 0.05) is 44.6 Å². The molecule has 0 N–H and O–H groups in total. The molecule has 0 radical (unpaired) electrons. The predicted molar refractivity (Wildman–Crippen MR) is 166 cm³/mol. The number of oxime groups is 1. The lowest BCUT2D eigenvalue weighted by Crippen LogP contribution is -2.58. The summed E-state index contributed by atoms with van der Waals surface area (Å²) >= 11 is 0. The fourth-order valence-electron chi connectivity index (χ4n) is 12.1. The molecule has 1 heterocycles. The van der Waals surface area contributed by atoms with Crippen LogP contribution in [0.4, 0.5) is 0 Å². The summed E-state index contributed by atoms with van der Waals surface area (Å²) in [7, 11) is 3.23. The Kier molecular flexibility index (Phi) is 7.52. The molecular formula is C36H53NO7. The van der Waals surface area contributed by atoms with Crippen LogP contribution in [-0.4, -0.2) is 56.5 Å². The van der Waals surface area contributed by atoms with Gasteiger partial charge in [0.15, 0.2) is 6.10 Å². The van der Waals surface area contributed by atoms with Gasteiger partial charge in [-0.2, -0.15) is 0 Å². The molecule has 244 valence electrons. The largest absolute Gasteiger partial charge is 0.462 e. The van der Waals surface area contributed by atoms with Crippen LogP contribution in [0.15, 0.2) is 29.5 Å². The zero-order valence-electron chi connectivity index (χ0n) is 28.2. The first kappa shape index (κ1) is 31.8. The van der Waals surface area contributed by atoms with Gasteiger partial charge in [-0.05, 0) is 83.7 Å². The average Bonchev–Trinajstić information content (AvgIpc) is 3.46. The molecule has 0 aromatic carbocycles. The van der Waals surface area contributed by atoms with Crippen LogP contribution in [0.2, 0.25) is 0 Å². The highest BCUT2D eigenvalue weighted by Crippen LogP contribution is 2.87. The maximum absolute atomic E-state index is 12.7. The number of carbonyl (C=O) groups excluding carboxylic acids is 2. The lowest BCUT2D eigenvalue weighted by Gasteiger charge is -2.61. The van der Waals surface area contributed by atoms with Gasteiger partial charge < -0.3 is 23.8 Å².